The van der Waals surface area contributed by atoms with E-state index in [1.807, 2.05) is 54.6 Å². The molecule has 6 heteroatoms. The highest BCUT2D eigenvalue weighted by Gasteiger charge is 2.25. The molecule has 2 heterocycles. The SMILES string of the molecule is Cc1oc2c3ccccc3n(-c3ccccc3)c2c(=O)c1S(C)(=O)=O. The minimum absolute atomic E-state index is 0.107. The average Bonchev–Trinajstić information content (AvgIpc) is 2.89. The van der Waals surface area contributed by atoms with Crippen LogP contribution in [0, 0.1) is 6.92 Å². The van der Waals surface area contributed by atoms with E-state index in [1.54, 1.807) is 4.57 Å². The number of benzene rings is 2. The molecular formula is C19H15NO4S. The molecule has 4 aromatic rings. The molecule has 2 aromatic carbocycles. The van der Waals surface area contributed by atoms with Crippen molar-refractivity contribution in [2.45, 2.75) is 11.8 Å². The van der Waals surface area contributed by atoms with E-state index in [9.17, 15) is 13.2 Å². The van der Waals surface area contributed by atoms with E-state index in [0.29, 0.717) is 5.58 Å². The minimum Gasteiger partial charge on any atom is -0.457 e. The number of rotatable bonds is 2. The Labute approximate surface area is 144 Å². The topological polar surface area (TPSA) is 69.3 Å². The fraction of sp³-hybridized carbons (Fsp3) is 0.105. The van der Waals surface area contributed by atoms with Crippen LogP contribution in [0.15, 0.2) is 68.7 Å². The molecule has 0 aliphatic rings. The number of hydrogen-bond donors (Lipinski definition) is 0. The Morgan fingerprint density at radius 2 is 1.60 bits per heavy atom. The first kappa shape index (κ1) is 15.7. The number of fused-ring (bicyclic) bond motifs is 3. The van der Waals surface area contributed by atoms with Gasteiger partial charge in [-0.1, -0.05) is 30.3 Å². The Balaban J connectivity index is 2.33. The van der Waals surface area contributed by atoms with E-state index in [0.717, 1.165) is 22.8 Å². The van der Waals surface area contributed by atoms with Crippen molar-refractivity contribution in [2.75, 3.05) is 6.26 Å². The van der Waals surface area contributed by atoms with Gasteiger partial charge in [0.15, 0.2) is 20.3 Å². The van der Waals surface area contributed by atoms with Gasteiger partial charge in [-0.15, -0.1) is 0 Å². The van der Waals surface area contributed by atoms with Gasteiger partial charge in [0.25, 0.3) is 0 Å². The fourth-order valence-corrected chi connectivity index (χ4v) is 4.26. The molecule has 2 aromatic heterocycles. The van der Waals surface area contributed by atoms with Crippen molar-refractivity contribution in [1.29, 1.82) is 0 Å². The van der Waals surface area contributed by atoms with E-state index >= 15 is 0 Å². The van der Waals surface area contributed by atoms with Crippen LogP contribution in [-0.2, 0) is 9.84 Å². The molecule has 0 radical (unpaired) electrons. The van der Waals surface area contributed by atoms with E-state index in [2.05, 4.69) is 0 Å². The molecule has 0 aliphatic heterocycles. The van der Waals surface area contributed by atoms with Gasteiger partial charge >= 0.3 is 0 Å². The summed E-state index contributed by atoms with van der Waals surface area (Å²) < 4.78 is 31.8. The first-order valence-corrected chi connectivity index (χ1v) is 9.61. The van der Waals surface area contributed by atoms with Gasteiger partial charge in [0, 0.05) is 17.3 Å². The summed E-state index contributed by atoms with van der Waals surface area (Å²) in [5, 5.41) is 0.765. The van der Waals surface area contributed by atoms with Gasteiger partial charge in [0.05, 0.1) is 5.52 Å². The van der Waals surface area contributed by atoms with Crippen molar-refractivity contribution in [2.24, 2.45) is 0 Å². The van der Waals surface area contributed by atoms with Crippen LogP contribution >= 0.6 is 0 Å². The summed E-state index contributed by atoms with van der Waals surface area (Å²) in [5.74, 6) is 0.107. The quantitative estimate of drug-likeness (QED) is 0.553. The van der Waals surface area contributed by atoms with Crippen molar-refractivity contribution < 1.29 is 12.8 Å². The van der Waals surface area contributed by atoms with Gasteiger partial charge in [0.1, 0.15) is 11.3 Å². The molecule has 0 spiro atoms. The maximum absolute atomic E-state index is 13.1. The Kier molecular flexibility index (Phi) is 3.33. The standard InChI is InChI=1S/C19H15NO4S/c1-12-19(25(2,22)23)17(21)16-18(24-12)14-10-6-7-11-15(14)20(16)13-8-4-3-5-9-13/h3-11H,1-2H3. The van der Waals surface area contributed by atoms with E-state index in [1.165, 1.54) is 6.92 Å². The lowest BCUT2D eigenvalue weighted by molar-refractivity contribution is 0.538. The summed E-state index contributed by atoms with van der Waals surface area (Å²) in [6.45, 7) is 1.51. The summed E-state index contributed by atoms with van der Waals surface area (Å²) in [5.41, 5.74) is 1.65. The molecule has 4 rings (SSSR count). The minimum atomic E-state index is -3.71. The van der Waals surface area contributed by atoms with Crippen molar-refractivity contribution in [3.8, 4) is 5.69 Å². The van der Waals surface area contributed by atoms with Crippen LogP contribution in [0.25, 0.3) is 27.7 Å². The third-order valence-electron chi connectivity index (χ3n) is 4.21. The molecule has 0 atom stereocenters. The maximum Gasteiger partial charge on any atom is 0.228 e. The summed E-state index contributed by atoms with van der Waals surface area (Å²) >= 11 is 0. The molecule has 0 fully saturated rings. The van der Waals surface area contributed by atoms with E-state index < -0.39 is 15.3 Å². The highest BCUT2D eigenvalue weighted by Crippen LogP contribution is 2.32. The van der Waals surface area contributed by atoms with Gasteiger partial charge in [-0.05, 0) is 31.2 Å². The molecule has 0 saturated heterocycles. The molecule has 0 saturated carbocycles. The number of nitrogens with zero attached hydrogens (tertiary/aromatic N) is 1. The van der Waals surface area contributed by atoms with Gasteiger partial charge in [-0.2, -0.15) is 0 Å². The van der Waals surface area contributed by atoms with Crippen LogP contribution in [0.2, 0.25) is 0 Å². The zero-order chi connectivity index (χ0) is 17.8. The number of para-hydroxylation sites is 2. The van der Waals surface area contributed by atoms with Crippen LogP contribution in [0.4, 0.5) is 0 Å². The van der Waals surface area contributed by atoms with Gasteiger partial charge in [0.2, 0.25) is 5.43 Å². The second-order valence-electron chi connectivity index (χ2n) is 5.95. The first-order valence-electron chi connectivity index (χ1n) is 7.72. The number of aromatic nitrogens is 1. The Morgan fingerprint density at radius 3 is 2.28 bits per heavy atom. The zero-order valence-electron chi connectivity index (χ0n) is 13.7. The highest BCUT2D eigenvalue weighted by atomic mass is 32.2. The monoisotopic (exact) mass is 353 g/mol. The maximum atomic E-state index is 13.1. The van der Waals surface area contributed by atoms with E-state index in [-0.39, 0.29) is 16.2 Å². The third-order valence-corrected chi connectivity index (χ3v) is 5.42. The summed E-state index contributed by atoms with van der Waals surface area (Å²) in [6.07, 6.45) is 1.02. The largest absolute Gasteiger partial charge is 0.457 e. The van der Waals surface area contributed by atoms with Crippen molar-refractivity contribution in [3.05, 3.63) is 70.6 Å². The first-order chi connectivity index (χ1) is 11.9. The molecule has 0 N–H and O–H groups in total. The van der Waals surface area contributed by atoms with Crippen LogP contribution in [0.1, 0.15) is 5.76 Å². The normalized spacial score (nSPS) is 12.1. The second kappa shape index (κ2) is 5.32. The molecule has 0 amide bonds. The summed E-state index contributed by atoms with van der Waals surface area (Å²) in [7, 11) is -3.71. The lowest BCUT2D eigenvalue weighted by Crippen LogP contribution is -2.17. The zero-order valence-corrected chi connectivity index (χ0v) is 14.5. The Morgan fingerprint density at radius 1 is 0.960 bits per heavy atom. The number of hydrogen-bond acceptors (Lipinski definition) is 4. The van der Waals surface area contributed by atoms with Crippen molar-refractivity contribution in [1.82, 2.24) is 4.57 Å². The second-order valence-corrected chi connectivity index (χ2v) is 7.91. The van der Waals surface area contributed by atoms with Crippen LogP contribution in [-0.4, -0.2) is 19.2 Å². The van der Waals surface area contributed by atoms with Gasteiger partial charge in [-0.3, -0.25) is 4.79 Å². The molecule has 126 valence electrons. The lowest BCUT2D eigenvalue weighted by atomic mass is 10.2. The molecule has 25 heavy (non-hydrogen) atoms. The van der Waals surface area contributed by atoms with Crippen LogP contribution in [0.5, 0.6) is 0 Å². The Hall–Kier alpha value is -2.86. The molecular weight excluding hydrogens is 338 g/mol. The number of aryl methyl sites for hydroxylation is 1. The predicted molar refractivity (Wildman–Crippen MR) is 97.2 cm³/mol. The van der Waals surface area contributed by atoms with Crippen LogP contribution < -0.4 is 5.43 Å². The van der Waals surface area contributed by atoms with Gasteiger partial charge in [-0.25, -0.2) is 8.42 Å². The smallest absolute Gasteiger partial charge is 0.228 e. The average molecular weight is 353 g/mol. The third kappa shape index (κ3) is 2.29. The predicted octanol–water partition coefficient (Wildman–Crippen LogP) is 3.45. The molecule has 0 aliphatic carbocycles. The Bertz CT molecular complexity index is 1280. The van der Waals surface area contributed by atoms with E-state index in [4.69, 9.17) is 4.42 Å². The fourth-order valence-electron chi connectivity index (χ4n) is 3.26. The van der Waals surface area contributed by atoms with Crippen molar-refractivity contribution >= 4 is 31.8 Å². The highest BCUT2D eigenvalue weighted by molar-refractivity contribution is 7.90. The van der Waals surface area contributed by atoms with Gasteiger partial charge < -0.3 is 8.98 Å². The summed E-state index contributed by atoms with van der Waals surface area (Å²) in [4.78, 5) is 12.8. The van der Waals surface area contributed by atoms with Crippen molar-refractivity contribution in [3.63, 3.8) is 0 Å². The molecule has 0 unspecified atom stereocenters. The number of sulfone groups is 1. The summed E-state index contributed by atoms with van der Waals surface area (Å²) in [6, 6.07) is 16.8. The molecule has 5 nitrogen and oxygen atoms in total. The van der Waals surface area contributed by atoms with Crippen LogP contribution in [0.3, 0.4) is 0 Å². The molecule has 0 bridgehead atoms. The lowest BCUT2D eigenvalue weighted by Gasteiger charge is -2.08.